The minimum Gasteiger partial charge on any atom is -0.459 e. The number of piperidine rings is 1. The highest BCUT2D eigenvalue weighted by atomic mass is 127. The van der Waals surface area contributed by atoms with Gasteiger partial charge >= 0.3 is 12.1 Å². The largest absolute Gasteiger partial charge is 0.459 e. The van der Waals surface area contributed by atoms with Gasteiger partial charge in [0.1, 0.15) is 17.7 Å². The van der Waals surface area contributed by atoms with Gasteiger partial charge < -0.3 is 25.0 Å². The number of halogens is 1. The number of fused-ring (bicyclic) bond motifs is 2. The lowest BCUT2D eigenvalue weighted by Crippen LogP contribution is -2.55. The maximum absolute atomic E-state index is 12.6. The Morgan fingerprint density at radius 2 is 1.53 bits per heavy atom. The quantitative estimate of drug-likeness (QED) is 0.247. The van der Waals surface area contributed by atoms with Crippen molar-refractivity contribution in [3.63, 3.8) is 0 Å². The Morgan fingerprint density at radius 3 is 2.00 bits per heavy atom. The van der Waals surface area contributed by atoms with Crippen LogP contribution in [0.3, 0.4) is 0 Å². The van der Waals surface area contributed by atoms with Crippen LogP contribution in [0.1, 0.15) is 74.1 Å². The zero-order valence-electron chi connectivity index (χ0n) is 19.4. The standard InChI is InChI=1S/C21H38N4O4.HI/c1-8-22-18(23-13-17(26)28-20(2,3)4)24-14-11-15-9-10-16(12-14)25(15)19(27)29-21(5,6)7;/h14-16H,8-13H2,1-7H3,(H2,22,23,24);1H. The minimum atomic E-state index is -0.522. The Morgan fingerprint density at radius 1 is 1.00 bits per heavy atom. The third-order valence-corrected chi connectivity index (χ3v) is 4.81. The van der Waals surface area contributed by atoms with Crippen molar-refractivity contribution in [1.29, 1.82) is 0 Å². The highest BCUT2D eigenvalue weighted by molar-refractivity contribution is 14.0. The topological polar surface area (TPSA) is 92.3 Å². The second-order valence-electron chi connectivity index (χ2n) is 9.87. The van der Waals surface area contributed by atoms with Crippen LogP contribution in [0, 0.1) is 0 Å². The van der Waals surface area contributed by atoms with Gasteiger partial charge in [0.15, 0.2) is 5.96 Å². The van der Waals surface area contributed by atoms with Crippen LogP contribution in [0.4, 0.5) is 4.79 Å². The van der Waals surface area contributed by atoms with E-state index in [2.05, 4.69) is 15.6 Å². The van der Waals surface area contributed by atoms with Crippen molar-refractivity contribution in [1.82, 2.24) is 15.5 Å². The zero-order chi connectivity index (χ0) is 21.8. The zero-order valence-corrected chi connectivity index (χ0v) is 21.7. The number of nitrogens with zero attached hydrogens (tertiary/aromatic N) is 2. The van der Waals surface area contributed by atoms with Gasteiger partial charge in [0, 0.05) is 24.7 Å². The van der Waals surface area contributed by atoms with Gasteiger partial charge in [0.2, 0.25) is 0 Å². The van der Waals surface area contributed by atoms with Crippen molar-refractivity contribution in [3.8, 4) is 0 Å². The Labute approximate surface area is 197 Å². The molecule has 9 heteroatoms. The summed E-state index contributed by atoms with van der Waals surface area (Å²) in [4.78, 5) is 30.9. The lowest BCUT2D eigenvalue weighted by molar-refractivity contribution is -0.152. The Hall–Kier alpha value is -1.26. The fourth-order valence-electron chi connectivity index (χ4n) is 3.94. The summed E-state index contributed by atoms with van der Waals surface area (Å²) in [5.41, 5.74) is -1.01. The number of esters is 1. The third kappa shape index (κ3) is 8.47. The summed E-state index contributed by atoms with van der Waals surface area (Å²) in [5.74, 6) is 0.253. The predicted octanol–water partition coefficient (Wildman–Crippen LogP) is 3.43. The number of amides is 1. The molecular weight excluding hydrogens is 499 g/mol. The fourth-order valence-corrected chi connectivity index (χ4v) is 3.94. The van der Waals surface area contributed by atoms with Gasteiger partial charge in [-0.1, -0.05) is 0 Å². The number of ether oxygens (including phenoxy) is 2. The normalized spacial score (nSPS) is 24.0. The van der Waals surface area contributed by atoms with Crippen molar-refractivity contribution in [2.45, 2.75) is 103 Å². The van der Waals surface area contributed by atoms with E-state index in [1.54, 1.807) is 0 Å². The maximum Gasteiger partial charge on any atom is 0.410 e. The molecule has 30 heavy (non-hydrogen) atoms. The molecule has 2 N–H and O–H groups in total. The van der Waals surface area contributed by atoms with Crippen molar-refractivity contribution < 1.29 is 19.1 Å². The highest BCUT2D eigenvalue weighted by Gasteiger charge is 2.45. The number of aliphatic imine (C=N–C) groups is 1. The summed E-state index contributed by atoms with van der Waals surface area (Å²) in [7, 11) is 0. The van der Waals surface area contributed by atoms with Gasteiger partial charge in [0.05, 0.1) is 0 Å². The highest BCUT2D eigenvalue weighted by Crippen LogP contribution is 2.36. The van der Waals surface area contributed by atoms with E-state index >= 15 is 0 Å². The molecule has 0 aromatic carbocycles. The molecule has 0 saturated carbocycles. The first-order chi connectivity index (χ1) is 13.4. The molecule has 0 aromatic heterocycles. The third-order valence-electron chi connectivity index (χ3n) is 4.81. The minimum absolute atomic E-state index is 0. The SMILES string of the molecule is CCNC(=NCC(=O)OC(C)(C)C)NC1CC2CCC(C1)N2C(=O)OC(C)(C)C.I. The average molecular weight is 538 g/mol. The predicted molar refractivity (Wildman–Crippen MR) is 128 cm³/mol. The van der Waals surface area contributed by atoms with Crippen LogP contribution in [0.15, 0.2) is 4.99 Å². The van der Waals surface area contributed by atoms with Crippen molar-refractivity contribution >= 4 is 42.0 Å². The summed E-state index contributed by atoms with van der Waals surface area (Å²) in [5, 5.41) is 6.63. The number of carbonyl (C=O) groups is 2. The lowest BCUT2D eigenvalue weighted by Gasteiger charge is -2.40. The van der Waals surface area contributed by atoms with Crippen LogP contribution in [0.5, 0.6) is 0 Å². The molecule has 8 nitrogen and oxygen atoms in total. The smallest absolute Gasteiger partial charge is 0.410 e. The molecule has 2 atom stereocenters. The number of nitrogens with one attached hydrogen (secondary N) is 2. The van der Waals surface area contributed by atoms with Gasteiger partial charge in [-0.25, -0.2) is 9.79 Å². The molecule has 2 unspecified atom stereocenters. The number of guanidine groups is 1. The van der Waals surface area contributed by atoms with Crippen LogP contribution in [0.25, 0.3) is 0 Å². The second kappa shape index (κ2) is 10.9. The molecular formula is C21H39IN4O4. The van der Waals surface area contributed by atoms with Crippen LogP contribution in [-0.2, 0) is 14.3 Å². The molecule has 2 fully saturated rings. The first-order valence-corrected chi connectivity index (χ1v) is 10.7. The fraction of sp³-hybridized carbons (Fsp3) is 0.857. The summed E-state index contributed by atoms with van der Waals surface area (Å²) >= 11 is 0. The van der Waals surface area contributed by atoms with E-state index < -0.39 is 11.2 Å². The molecule has 0 spiro atoms. The number of hydrogen-bond donors (Lipinski definition) is 2. The van der Waals surface area contributed by atoms with E-state index in [-0.39, 0.29) is 60.7 Å². The summed E-state index contributed by atoms with van der Waals surface area (Å²) < 4.78 is 10.9. The first kappa shape index (κ1) is 26.8. The molecule has 0 radical (unpaired) electrons. The number of hydrogen-bond acceptors (Lipinski definition) is 5. The molecule has 2 saturated heterocycles. The van der Waals surface area contributed by atoms with Crippen molar-refractivity contribution in [2.24, 2.45) is 4.99 Å². The molecule has 2 rings (SSSR count). The molecule has 0 aromatic rings. The van der Waals surface area contributed by atoms with Crippen molar-refractivity contribution in [3.05, 3.63) is 0 Å². The molecule has 2 heterocycles. The van der Waals surface area contributed by atoms with Crippen LogP contribution in [-0.4, -0.2) is 65.3 Å². The van der Waals surface area contributed by atoms with Gasteiger partial charge in [0.25, 0.3) is 0 Å². The van der Waals surface area contributed by atoms with Crippen LogP contribution < -0.4 is 10.6 Å². The first-order valence-electron chi connectivity index (χ1n) is 10.7. The molecule has 1 amide bonds. The summed E-state index contributed by atoms with van der Waals surface area (Å²) in [6.07, 6.45) is 3.45. The number of carbonyl (C=O) groups excluding carboxylic acids is 2. The Kier molecular flexibility index (Phi) is 9.69. The van der Waals surface area contributed by atoms with E-state index in [1.165, 1.54) is 0 Å². The number of rotatable bonds is 4. The molecule has 0 aliphatic carbocycles. The van der Waals surface area contributed by atoms with E-state index in [0.717, 1.165) is 25.7 Å². The van der Waals surface area contributed by atoms with Gasteiger partial charge in [-0.2, -0.15) is 0 Å². The second-order valence-corrected chi connectivity index (χ2v) is 9.87. The summed E-state index contributed by atoms with van der Waals surface area (Å²) in [6.45, 7) is 13.9. The average Bonchev–Trinajstić information content (AvgIpc) is 2.81. The van der Waals surface area contributed by atoms with E-state index in [9.17, 15) is 9.59 Å². The van der Waals surface area contributed by atoms with E-state index in [4.69, 9.17) is 9.47 Å². The van der Waals surface area contributed by atoms with Crippen molar-refractivity contribution in [2.75, 3.05) is 13.1 Å². The van der Waals surface area contributed by atoms with E-state index in [1.807, 2.05) is 53.4 Å². The lowest BCUT2D eigenvalue weighted by atomic mass is 9.98. The Balaban J connectivity index is 0.00000450. The monoisotopic (exact) mass is 538 g/mol. The van der Waals surface area contributed by atoms with Gasteiger partial charge in [-0.3, -0.25) is 4.79 Å². The van der Waals surface area contributed by atoms with Gasteiger partial charge in [-0.15, -0.1) is 24.0 Å². The molecule has 2 bridgehead atoms. The molecule has 2 aliphatic rings. The van der Waals surface area contributed by atoms with E-state index in [0.29, 0.717) is 12.5 Å². The van der Waals surface area contributed by atoms with Crippen LogP contribution >= 0.6 is 24.0 Å². The summed E-state index contributed by atoms with van der Waals surface area (Å²) in [6, 6.07) is 0.548. The van der Waals surface area contributed by atoms with Gasteiger partial charge in [-0.05, 0) is 74.1 Å². The maximum atomic E-state index is 12.6. The van der Waals surface area contributed by atoms with Crippen LogP contribution in [0.2, 0.25) is 0 Å². The molecule has 174 valence electrons. The Bertz CT molecular complexity index is 613. The molecule has 2 aliphatic heterocycles.